The molecule has 1 N–H and O–H groups in total. The molecular formula is C17H35NO. The lowest BCUT2D eigenvalue weighted by Gasteiger charge is -2.19. The minimum Gasteiger partial charge on any atom is -0.371 e. The van der Waals surface area contributed by atoms with Crippen LogP contribution in [0.2, 0.25) is 0 Å². The molecule has 114 valence electrons. The van der Waals surface area contributed by atoms with Crippen molar-refractivity contribution < 1.29 is 4.74 Å². The average Bonchev–Trinajstić information content (AvgIpc) is 2.71. The van der Waals surface area contributed by atoms with Gasteiger partial charge in [0.25, 0.3) is 0 Å². The fourth-order valence-electron chi connectivity index (χ4n) is 2.87. The van der Waals surface area contributed by atoms with E-state index >= 15 is 0 Å². The monoisotopic (exact) mass is 269 g/mol. The molecule has 0 saturated carbocycles. The van der Waals surface area contributed by atoms with Gasteiger partial charge in [-0.1, -0.05) is 51.9 Å². The van der Waals surface area contributed by atoms with Crippen molar-refractivity contribution >= 4 is 0 Å². The van der Waals surface area contributed by atoms with Crippen molar-refractivity contribution in [1.29, 1.82) is 0 Å². The predicted molar refractivity (Wildman–Crippen MR) is 83.7 cm³/mol. The van der Waals surface area contributed by atoms with Crippen LogP contribution in [0.4, 0.5) is 0 Å². The third kappa shape index (κ3) is 8.65. The molecule has 1 fully saturated rings. The summed E-state index contributed by atoms with van der Waals surface area (Å²) in [5.41, 5.74) is 0.116. The lowest BCUT2D eigenvalue weighted by molar-refractivity contribution is -0.0141. The van der Waals surface area contributed by atoms with E-state index in [-0.39, 0.29) is 5.60 Å². The number of unbranched alkanes of at least 4 members (excludes halogenated alkanes) is 7. The Morgan fingerprint density at radius 2 is 1.63 bits per heavy atom. The topological polar surface area (TPSA) is 21.3 Å². The first-order valence-corrected chi connectivity index (χ1v) is 8.52. The van der Waals surface area contributed by atoms with E-state index < -0.39 is 0 Å². The van der Waals surface area contributed by atoms with E-state index in [1.807, 2.05) is 0 Å². The molecule has 0 aromatic rings. The molecule has 1 atom stereocenters. The Bertz CT molecular complexity index is 215. The summed E-state index contributed by atoms with van der Waals surface area (Å²) in [5.74, 6) is 0. The molecule has 1 rings (SSSR count). The third-order valence-electron chi connectivity index (χ3n) is 4.13. The lowest BCUT2D eigenvalue weighted by atomic mass is 10.1. The van der Waals surface area contributed by atoms with E-state index in [1.165, 1.54) is 64.2 Å². The third-order valence-corrected chi connectivity index (χ3v) is 4.13. The summed E-state index contributed by atoms with van der Waals surface area (Å²) in [6.07, 6.45) is 14.1. The van der Waals surface area contributed by atoms with E-state index in [2.05, 4.69) is 26.1 Å². The minimum absolute atomic E-state index is 0.116. The Kier molecular flexibility index (Phi) is 8.72. The van der Waals surface area contributed by atoms with E-state index in [4.69, 9.17) is 4.74 Å². The summed E-state index contributed by atoms with van der Waals surface area (Å²) >= 11 is 0. The fourth-order valence-corrected chi connectivity index (χ4v) is 2.87. The first-order chi connectivity index (χ1) is 9.14. The van der Waals surface area contributed by atoms with Crippen molar-refractivity contribution in [1.82, 2.24) is 5.32 Å². The zero-order chi connectivity index (χ0) is 14.0. The van der Waals surface area contributed by atoms with Crippen LogP contribution < -0.4 is 5.32 Å². The van der Waals surface area contributed by atoms with Gasteiger partial charge in [-0.05, 0) is 39.7 Å². The van der Waals surface area contributed by atoms with Crippen LogP contribution in [0.3, 0.4) is 0 Å². The number of hydrogen-bond acceptors (Lipinski definition) is 2. The van der Waals surface area contributed by atoms with Crippen molar-refractivity contribution in [3.63, 3.8) is 0 Å². The molecule has 1 unspecified atom stereocenters. The SMILES string of the molecule is CCCCCCCCCCNCC1CCC(C)(C)O1. The van der Waals surface area contributed by atoms with Gasteiger partial charge in [0, 0.05) is 6.54 Å². The molecule has 0 aromatic carbocycles. The zero-order valence-corrected chi connectivity index (χ0v) is 13.5. The van der Waals surface area contributed by atoms with Crippen molar-refractivity contribution in [2.24, 2.45) is 0 Å². The summed E-state index contributed by atoms with van der Waals surface area (Å²) in [7, 11) is 0. The fraction of sp³-hybridized carbons (Fsp3) is 1.00. The molecule has 1 heterocycles. The van der Waals surface area contributed by atoms with Gasteiger partial charge in [0.15, 0.2) is 0 Å². The second kappa shape index (κ2) is 9.77. The van der Waals surface area contributed by atoms with Crippen LogP contribution in [0.15, 0.2) is 0 Å². The average molecular weight is 269 g/mol. The lowest BCUT2D eigenvalue weighted by Crippen LogP contribution is -2.29. The largest absolute Gasteiger partial charge is 0.371 e. The van der Waals surface area contributed by atoms with Gasteiger partial charge < -0.3 is 10.1 Å². The molecule has 0 radical (unpaired) electrons. The maximum absolute atomic E-state index is 5.97. The highest BCUT2D eigenvalue weighted by atomic mass is 16.5. The van der Waals surface area contributed by atoms with Crippen molar-refractivity contribution in [2.45, 2.75) is 96.7 Å². The summed E-state index contributed by atoms with van der Waals surface area (Å²) in [5, 5.41) is 3.55. The van der Waals surface area contributed by atoms with Crippen molar-refractivity contribution in [3.8, 4) is 0 Å². The van der Waals surface area contributed by atoms with Crippen LogP contribution >= 0.6 is 0 Å². The number of ether oxygens (including phenoxy) is 1. The predicted octanol–water partition coefficient (Wildman–Crippen LogP) is 4.67. The summed E-state index contributed by atoms with van der Waals surface area (Å²) < 4.78 is 5.97. The maximum atomic E-state index is 5.97. The van der Waals surface area contributed by atoms with Crippen LogP contribution in [-0.4, -0.2) is 24.8 Å². The highest BCUT2D eigenvalue weighted by molar-refractivity contribution is 4.81. The Labute approximate surface area is 120 Å². The van der Waals surface area contributed by atoms with Crippen LogP contribution in [0.5, 0.6) is 0 Å². The molecule has 1 aliphatic rings. The highest BCUT2D eigenvalue weighted by Gasteiger charge is 2.30. The number of nitrogens with one attached hydrogen (secondary N) is 1. The smallest absolute Gasteiger partial charge is 0.0707 e. The van der Waals surface area contributed by atoms with Gasteiger partial charge in [-0.2, -0.15) is 0 Å². The normalized spacial score (nSPS) is 21.9. The van der Waals surface area contributed by atoms with Crippen molar-refractivity contribution in [2.75, 3.05) is 13.1 Å². The molecule has 0 amide bonds. The van der Waals surface area contributed by atoms with Gasteiger partial charge >= 0.3 is 0 Å². The van der Waals surface area contributed by atoms with E-state index in [0.29, 0.717) is 6.10 Å². The molecular weight excluding hydrogens is 234 g/mol. The van der Waals surface area contributed by atoms with Gasteiger partial charge in [0.2, 0.25) is 0 Å². The van der Waals surface area contributed by atoms with Gasteiger partial charge in [-0.3, -0.25) is 0 Å². The minimum atomic E-state index is 0.116. The molecule has 0 aromatic heterocycles. The number of rotatable bonds is 11. The van der Waals surface area contributed by atoms with Crippen LogP contribution in [0.1, 0.15) is 85.0 Å². The van der Waals surface area contributed by atoms with E-state index in [1.54, 1.807) is 0 Å². The second-order valence-corrected chi connectivity index (χ2v) is 6.72. The molecule has 0 spiro atoms. The van der Waals surface area contributed by atoms with Crippen LogP contribution in [0, 0.1) is 0 Å². The summed E-state index contributed by atoms with van der Waals surface area (Å²) in [4.78, 5) is 0. The Morgan fingerprint density at radius 3 is 2.21 bits per heavy atom. The highest BCUT2D eigenvalue weighted by Crippen LogP contribution is 2.28. The van der Waals surface area contributed by atoms with Crippen molar-refractivity contribution in [3.05, 3.63) is 0 Å². The second-order valence-electron chi connectivity index (χ2n) is 6.72. The van der Waals surface area contributed by atoms with Gasteiger partial charge in [-0.25, -0.2) is 0 Å². The Morgan fingerprint density at radius 1 is 1.00 bits per heavy atom. The first-order valence-electron chi connectivity index (χ1n) is 8.52. The quantitative estimate of drug-likeness (QED) is 0.550. The van der Waals surface area contributed by atoms with Crippen LogP contribution in [-0.2, 0) is 4.74 Å². The summed E-state index contributed by atoms with van der Waals surface area (Å²) in [6, 6.07) is 0. The van der Waals surface area contributed by atoms with E-state index in [0.717, 1.165) is 13.1 Å². The standard InChI is InChI=1S/C17H35NO/c1-4-5-6-7-8-9-10-11-14-18-15-16-12-13-17(2,3)19-16/h16,18H,4-15H2,1-3H3. The molecule has 0 aliphatic carbocycles. The molecule has 1 aliphatic heterocycles. The first kappa shape index (κ1) is 17.0. The molecule has 0 bridgehead atoms. The van der Waals surface area contributed by atoms with Gasteiger partial charge in [0.1, 0.15) is 0 Å². The van der Waals surface area contributed by atoms with Crippen LogP contribution in [0.25, 0.3) is 0 Å². The van der Waals surface area contributed by atoms with E-state index in [9.17, 15) is 0 Å². The molecule has 19 heavy (non-hydrogen) atoms. The van der Waals surface area contributed by atoms with Gasteiger partial charge in [-0.15, -0.1) is 0 Å². The summed E-state index contributed by atoms with van der Waals surface area (Å²) in [6.45, 7) is 8.88. The Hall–Kier alpha value is -0.0800. The number of hydrogen-bond donors (Lipinski definition) is 1. The molecule has 2 nitrogen and oxygen atoms in total. The zero-order valence-electron chi connectivity index (χ0n) is 13.5. The maximum Gasteiger partial charge on any atom is 0.0707 e. The molecule has 2 heteroatoms. The van der Waals surface area contributed by atoms with Gasteiger partial charge in [0.05, 0.1) is 11.7 Å². The molecule has 1 saturated heterocycles. The Balaban J connectivity index is 1.79.